The lowest BCUT2D eigenvalue weighted by molar-refractivity contribution is 1.51. The molecule has 2 rings (SSSR count). The van der Waals surface area contributed by atoms with Crippen molar-refractivity contribution in [3.05, 3.63) is 21.9 Å². The average Bonchev–Trinajstić information content (AvgIpc) is 2.26. The molecule has 7 heavy (non-hydrogen) atoms. The van der Waals surface area contributed by atoms with Crippen LogP contribution in [0.3, 0.4) is 0 Å². The quantitative estimate of drug-likeness (QED) is 0.473. The fraction of sp³-hybridized carbons (Fsp3) is 0.200. The molecule has 0 atom stereocenters. The zero-order valence-electron chi connectivity index (χ0n) is 3.52. The van der Waals surface area contributed by atoms with Gasteiger partial charge in [-0.3, -0.25) is 0 Å². The second kappa shape index (κ2) is 1.04. The minimum absolute atomic E-state index is 0.293. The Hall–Kier alpha value is -0.0100. The van der Waals surface area contributed by atoms with Gasteiger partial charge in [0.05, 0.1) is 5.38 Å². The van der Waals surface area contributed by atoms with Crippen LogP contribution in [0, 0.1) is 0 Å². The van der Waals surface area contributed by atoms with E-state index < -0.39 is 0 Å². The highest BCUT2D eigenvalue weighted by molar-refractivity contribution is 7.08. The van der Waals surface area contributed by atoms with Gasteiger partial charge in [-0.05, 0) is 21.9 Å². The number of hydrogen-bond acceptors (Lipinski definition) is 1. The van der Waals surface area contributed by atoms with E-state index >= 15 is 0 Å². The van der Waals surface area contributed by atoms with Crippen LogP contribution in [0.2, 0.25) is 0 Å². The highest BCUT2D eigenvalue weighted by atomic mass is 35.5. The van der Waals surface area contributed by atoms with Crippen LogP contribution in [-0.2, 0) is 0 Å². The lowest BCUT2D eigenvalue weighted by atomic mass is 10.7. The first kappa shape index (κ1) is 3.93. The zero-order valence-corrected chi connectivity index (χ0v) is 5.09. The molecule has 1 aromatic rings. The number of rotatable bonds is 0. The van der Waals surface area contributed by atoms with Crippen LogP contribution in [0.5, 0.6) is 0 Å². The second-order valence-corrected chi connectivity index (χ2v) is 2.83. The largest absolute Gasteiger partial charge is 0.152 e. The first-order valence-electron chi connectivity index (χ1n) is 2.09. The van der Waals surface area contributed by atoms with E-state index in [0.717, 1.165) is 0 Å². The van der Waals surface area contributed by atoms with Crippen LogP contribution in [0.15, 0.2) is 10.8 Å². The van der Waals surface area contributed by atoms with Gasteiger partial charge < -0.3 is 0 Å². The summed E-state index contributed by atoms with van der Waals surface area (Å²) in [4.78, 5) is 0. The van der Waals surface area contributed by atoms with Crippen molar-refractivity contribution in [2.24, 2.45) is 0 Å². The van der Waals surface area contributed by atoms with Crippen LogP contribution in [0.25, 0.3) is 0 Å². The van der Waals surface area contributed by atoms with Gasteiger partial charge >= 0.3 is 0 Å². The van der Waals surface area contributed by atoms with Crippen molar-refractivity contribution < 1.29 is 0 Å². The van der Waals surface area contributed by atoms with E-state index in [1.54, 1.807) is 11.3 Å². The predicted molar refractivity (Wildman–Crippen MR) is 32.0 cm³/mol. The second-order valence-electron chi connectivity index (χ2n) is 1.65. The summed E-state index contributed by atoms with van der Waals surface area (Å²) in [7, 11) is 0. The minimum Gasteiger partial charge on any atom is -0.152 e. The number of thiophene rings is 1. The van der Waals surface area contributed by atoms with E-state index in [9.17, 15) is 0 Å². The summed E-state index contributed by atoms with van der Waals surface area (Å²) in [5.74, 6) is 0. The van der Waals surface area contributed by atoms with Crippen LogP contribution >= 0.6 is 22.9 Å². The number of fused-ring (bicyclic) bond motifs is 1. The Labute approximate surface area is 50.7 Å². The highest BCUT2D eigenvalue weighted by Crippen LogP contribution is 2.48. The van der Waals surface area contributed by atoms with Gasteiger partial charge in [-0.15, -0.1) is 11.6 Å². The van der Waals surface area contributed by atoms with Crippen molar-refractivity contribution in [2.45, 2.75) is 5.38 Å². The molecule has 1 heterocycles. The lowest BCUT2D eigenvalue weighted by Crippen LogP contribution is -1.48. The molecule has 0 saturated carbocycles. The monoisotopic (exact) mass is 130 g/mol. The highest BCUT2D eigenvalue weighted by Gasteiger charge is 2.30. The standard InChI is InChI=1S/C5H3ClS/c6-5-3-1-7-2-4(3)5/h1-2,5H. The van der Waals surface area contributed by atoms with E-state index in [1.807, 2.05) is 0 Å². The molecule has 0 aromatic carbocycles. The maximum Gasteiger partial charge on any atom is 0.0858 e. The molecular formula is C5H3ClS. The molecule has 1 aliphatic carbocycles. The molecule has 0 fully saturated rings. The Balaban J connectivity index is 2.60. The van der Waals surface area contributed by atoms with Gasteiger partial charge in [-0.25, -0.2) is 0 Å². The smallest absolute Gasteiger partial charge is 0.0858 e. The molecule has 0 bridgehead atoms. The van der Waals surface area contributed by atoms with Crippen LogP contribution in [0.1, 0.15) is 16.5 Å². The first-order chi connectivity index (χ1) is 3.39. The summed E-state index contributed by atoms with van der Waals surface area (Å²) in [5.41, 5.74) is 2.68. The Morgan fingerprint density at radius 1 is 1.43 bits per heavy atom. The van der Waals surface area contributed by atoms with Gasteiger partial charge in [0.15, 0.2) is 0 Å². The topological polar surface area (TPSA) is 0 Å². The third-order valence-electron chi connectivity index (χ3n) is 1.19. The maximum absolute atomic E-state index is 5.70. The van der Waals surface area contributed by atoms with E-state index in [1.165, 1.54) is 11.1 Å². The molecule has 0 spiro atoms. The normalized spacial score (nSPS) is 16.7. The average molecular weight is 131 g/mol. The SMILES string of the molecule is ClC1c2cscc21. The van der Waals surface area contributed by atoms with Gasteiger partial charge in [-0.1, -0.05) is 0 Å². The number of alkyl halides is 1. The van der Waals surface area contributed by atoms with Gasteiger partial charge in [0.1, 0.15) is 0 Å². The van der Waals surface area contributed by atoms with Crippen molar-refractivity contribution in [1.29, 1.82) is 0 Å². The molecule has 0 N–H and O–H groups in total. The fourth-order valence-corrected chi connectivity index (χ4v) is 2.03. The molecule has 0 aliphatic heterocycles. The van der Waals surface area contributed by atoms with E-state index in [2.05, 4.69) is 10.8 Å². The molecule has 0 amide bonds. The van der Waals surface area contributed by atoms with Crippen LogP contribution < -0.4 is 0 Å². The van der Waals surface area contributed by atoms with Crippen LogP contribution in [-0.4, -0.2) is 0 Å². The van der Waals surface area contributed by atoms with Crippen LogP contribution in [0.4, 0.5) is 0 Å². The predicted octanol–water partition coefficient (Wildman–Crippen LogP) is 2.39. The summed E-state index contributed by atoms with van der Waals surface area (Å²) < 4.78 is 0. The summed E-state index contributed by atoms with van der Waals surface area (Å²) in [5, 5.41) is 4.50. The zero-order chi connectivity index (χ0) is 4.85. The molecule has 1 aromatic heterocycles. The third kappa shape index (κ3) is 0.373. The summed E-state index contributed by atoms with van der Waals surface area (Å²) in [6, 6.07) is 0. The summed E-state index contributed by atoms with van der Waals surface area (Å²) >= 11 is 7.43. The Bertz CT molecular complexity index is 173. The summed E-state index contributed by atoms with van der Waals surface area (Å²) in [6.07, 6.45) is 0. The first-order valence-corrected chi connectivity index (χ1v) is 3.47. The van der Waals surface area contributed by atoms with E-state index in [4.69, 9.17) is 11.6 Å². The van der Waals surface area contributed by atoms with Crippen molar-refractivity contribution in [3.8, 4) is 0 Å². The Morgan fingerprint density at radius 3 is 2.29 bits per heavy atom. The number of halogens is 1. The molecule has 2 heteroatoms. The van der Waals surface area contributed by atoms with Gasteiger partial charge in [-0.2, -0.15) is 11.3 Å². The fourth-order valence-electron chi connectivity index (χ4n) is 0.662. The van der Waals surface area contributed by atoms with E-state index in [-0.39, 0.29) is 0 Å². The van der Waals surface area contributed by atoms with Crippen molar-refractivity contribution in [3.63, 3.8) is 0 Å². The Morgan fingerprint density at radius 2 is 2.00 bits per heavy atom. The molecule has 36 valence electrons. The molecule has 0 nitrogen and oxygen atoms in total. The lowest BCUT2D eigenvalue weighted by Gasteiger charge is -1.70. The summed E-state index contributed by atoms with van der Waals surface area (Å²) in [6.45, 7) is 0. The van der Waals surface area contributed by atoms with E-state index in [0.29, 0.717) is 5.38 Å². The van der Waals surface area contributed by atoms with Crippen molar-refractivity contribution >= 4 is 22.9 Å². The minimum atomic E-state index is 0.293. The molecular weight excluding hydrogens is 128 g/mol. The van der Waals surface area contributed by atoms with Gasteiger partial charge in [0.25, 0.3) is 0 Å². The molecule has 0 unspecified atom stereocenters. The van der Waals surface area contributed by atoms with Gasteiger partial charge in [0, 0.05) is 0 Å². The third-order valence-corrected chi connectivity index (χ3v) is 2.44. The number of hydrogen-bond donors (Lipinski definition) is 0. The molecule has 1 aliphatic rings. The van der Waals surface area contributed by atoms with Crippen molar-refractivity contribution in [2.75, 3.05) is 0 Å². The van der Waals surface area contributed by atoms with Gasteiger partial charge in [0.2, 0.25) is 0 Å². The molecule has 0 radical (unpaired) electrons. The van der Waals surface area contributed by atoms with Crippen molar-refractivity contribution in [1.82, 2.24) is 0 Å². The Kier molecular flexibility index (Phi) is 0.582. The maximum atomic E-state index is 5.70. The molecule has 0 saturated heterocycles.